The van der Waals surface area contributed by atoms with Crippen LogP contribution in [0.15, 0.2) is 17.5 Å². The maximum absolute atomic E-state index is 13.9. The highest BCUT2D eigenvalue weighted by Crippen LogP contribution is 2.31. The van der Waals surface area contributed by atoms with Gasteiger partial charge in [0.2, 0.25) is 5.78 Å². The minimum atomic E-state index is -0.486. The van der Waals surface area contributed by atoms with Crippen molar-refractivity contribution >= 4 is 28.7 Å². The van der Waals surface area contributed by atoms with Crippen LogP contribution >= 0.6 is 22.9 Å². The van der Waals surface area contributed by atoms with Crippen molar-refractivity contribution in [1.82, 2.24) is 0 Å². The standard InChI is InChI=1S/C14H12ClFOS/c1-7-4-8(2)11(10(16)5-7)13(17)14-12(15)9(3)6-18-14/h4-6H,1-3H3. The average molecular weight is 283 g/mol. The van der Waals surface area contributed by atoms with E-state index in [2.05, 4.69) is 0 Å². The van der Waals surface area contributed by atoms with Crippen LogP contribution in [0.1, 0.15) is 31.9 Å². The first-order valence-corrected chi connectivity index (χ1v) is 6.72. The Kier molecular flexibility index (Phi) is 3.55. The highest BCUT2D eigenvalue weighted by molar-refractivity contribution is 7.13. The van der Waals surface area contributed by atoms with Crippen molar-refractivity contribution in [2.75, 3.05) is 0 Å². The lowest BCUT2D eigenvalue weighted by Gasteiger charge is -2.07. The normalized spacial score (nSPS) is 10.7. The second-order valence-corrected chi connectivity index (χ2v) is 5.59. The van der Waals surface area contributed by atoms with E-state index >= 15 is 0 Å². The molecule has 18 heavy (non-hydrogen) atoms. The van der Waals surface area contributed by atoms with Crippen molar-refractivity contribution in [3.63, 3.8) is 0 Å². The molecule has 1 nitrogen and oxygen atoms in total. The number of carbonyl (C=O) groups is 1. The summed E-state index contributed by atoms with van der Waals surface area (Å²) in [4.78, 5) is 12.7. The minimum Gasteiger partial charge on any atom is -0.288 e. The number of ketones is 1. The predicted octanol–water partition coefficient (Wildman–Crippen LogP) is 4.70. The molecular formula is C14H12ClFOS. The third-order valence-electron chi connectivity index (χ3n) is 2.76. The van der Waals surface area contributed by atoms with Gasteiger partial charge in [0.1, 0.15) is 5.82 Å². The molecule has 0 atom stereocenters. The van der Waals surface area contributed by atoms with Gasteiger partial charge in [-0.2, -0.15) is 0 Å². The molecule has 0 radical (unpaired) electrons. The summed E-state index contributed by atoms with van der Waals surface area (Å²) in [6.07, 6.45) is 0. The van der Waals surface area contributed by atoms with Gasteiger partial charge in [0.05, 0.1) is 15.5 Å². The van der Waals surface area contributed by atoms with Crippen molar-refractivity contribution in [2.24, 2.45) is 0 Å². The zero-order chi connectivity index (χ0) is 13.4. The van der Waals surface area contributed by atoms with Crippen LogP contribution in [0.2, 0.25) is 5.02 Å². The van der Waals surface area contributed by atoms with Gasteiger partial charge in [-0.05, 0) is 48.9 Å². The minimum absolute atomic E-state index is 0.115. The van der Waals surface area contributed by atoms with Gasteiger partial charge in [-0.1, -0.05) is 17.7 Å². The molecule has 94 valence electrons. The van der Waals surface area contributed by atoms with Gasteiger partial charge in [-0.3, -0.25) is 4.79 Å². The van der Waals surface area contributed by atoms with Crippen molar-refractivity contribution in [2.45, 2.75) is 20.8 Å². The molecule has 0 saturated carbocycles. The number of hydrogen-bond acceptors (Lipinski definition) is 2. The Morgan fingerprint density at radius 1 is 1.22 bits per heavy atom. The fourth-order valence-electron chi connectivity index (χ4n) is 1.90. The molecule has 0 bridgehead atoms. The number of carbonyl (C=O) groups excluding carboxylic acids is 1. The Labute approximate surface area is 114 Å². The smallest absolute Gasteiger partial charge is 0.207 e. The van der Waals surface area contributed by atoms with Crippen LogP contribution in [0.4, 0.5) is 4.39 Å². The highest BCUT2D eigenvalue weighted by atomic mass is 35.5. The molecule has 4 heteroatoms. The van der Waals surface area contributed by atoms with Gasteiger partial charge in [0.15, 0.2) is 0 Å². The zero-order valence-electron chi connectivity index (χ0n) is 10.3. The fraction of sp³-hybridized carbons (Fsp3) is 0.214. The number of hydrogen-bond donors (Lipinski definition) is 0. The molecule has 0 fully saturated rings. The van der Waals surface area contributed by atoms with E-state index in [0.29, 0.717) is 15.5 Å². The maximum Gasteiger partial charge on any atom is 0.207 e. The van der Waals surface area contributed by atoms with E-state index in [9.17, 15) is 9.18 Å². The Bertz CT molecular complexity index is 608. The average Bonchev–Trinajstić information content (AvgIpc) is 2.58. The Balaban J connectivity index is 2.57. The number of halogens is 2. The SMILES string of the molecule is Cc1cc(C)c(C(=O)c2scc(C)c2Cl)c(F)c1. The van der Waals surface area contributed by atoms with Crippen LogP contribution in [0, 0.1) is 26.6 Å². The Hall–Kier alpha value is -1.19. The van der Waals surface area contributed by atoms with E-state index in [1.54, 1.807) is 25.3 Å². The van der Waals surface area contributed by atoms with Crippen LogP contribution in [0.25, 0.3) is 0 Å². The highest BCUT2D eigenvalue weighted by Gasteiger charge is 2.21. The van der Waals surface area contributed by atoms with Gasteiger partial charge in [-0.15, -0.1) is 11.3 Å². The van der Waals surface area contributed by atoms with Crippen LogP contribution in [-0.4, -0.2) is 5.78 Å². The molecule has 2 aromatic rings. The molecule has 0 N–H and O–H groups in total. The molecule has 0 unspecified atom stereocenters. The number of benzene rings is 1. The second-order valence-electron chi connectivity index (χ2n) is 4.33. The summed E-state index contributed by atoms with van der Waals surface area (Å²) >= 11 is 7.31. The van der Waals surface area contributed by atoms with Gasteiger partial charge < -0.3 is 0 Å². The molecule has 0 amide bonds. The number of aryl methyl sites for hydroxylation is 3. The number of thiophene rings is 1. The summed E-state index contributed by atoms with van der Waals surface area (Å²) in [6, 6.07) is 3.17. The van der Waals surface area contributed by atoms with Crippen LogP contribution in [-0.2, 0) is 0 Å². The third-order valence-corrected chi connectivity index (χ3v) is 4.46. The summed E-state index contributed by atoms with van der Waals surface area (Å²) < 4.78 is 13.9. The fourth-order valence-corrected chi connectivity index (χ4v) is 3.12. The first-order valence-electron chi connectivity index (χ1n) is 5.47. The first kappa shape index (κ1) is 13.2. The maximum atomic E-state index is 13.9. The molecule has 1 heterocycles. The molecular weight excluding hydrogens is 271 g/mol. The van der Waals surface area contributed by atoms with E-state index in [1.165, 1.54) is 17.4 Å². The molecule has 0 aliphatic heterocycles. The van der Waals surface area contributed by atoms with Gasteiger partial charge in [0, 0.05) is 0 Å². The van der Waals surface area contributed by atoms with Gasteiger partial charge in [-0.25, -0.2) is 4.39 Å². The molecule has 0 spiro atoms. The van der Waals surface area contributed by atoms with Crippen molar-refractivity contribution in [1.29, 1.82) is 0 Å². The van der Waals surface area contributed by atoms with Crippen molar-refractivity contribution in [3.8, 4) is 0 Å². The van der Waals surface area contributed by atoms with Gasteiger partial charge in [0.25, 0.3) is 0 Å². The molecule has 0 saturated heterocycles. The van der Waals surface area contributed by atoms with Gasteiger partial charge >= 0.3 is 0 Å². The van der Waals surface area contributed by atoms with Crippen LogP contribution in [0.5, 0.6) is 0 Å². The van der Waals surface area contributed by atoms with Crippen LogP contribution < -0.4 is 0 Å². The van der Waals surface area contributed by atoms with E-state index in [0.717, 1.165) is 11.1 Å². The summed E-state index contributed by atoms with van der Waals surface area (Å²) in [5.74, 6) is -0.826. The van der Waals surface area contributed by atoms with Crippen molar-refractivity contribution < 1.29 is 9.18 Å². The third kappa shape index (κ3) is 2.20. The first-order chi connectivity index (χ1) is 8.41. The second kappa shape index (κ2) is 4.82. The predicted molar refractivity (Wildman–Crippen MR) is 73.4 cm³/mol. The molecule has 0 aliphatic carbocycles. The van der Waals surface area contributed by atoms with E-state index in [-0.39, 0.29) is 11.3 Å². The van der Waals surface area contributed by atoms with Crippen LogP contribution in [0.3, 0.4) is 0 Å². The number of rotatable bonds is 2. The molecule has 1 aromatic carbocycles. The Morgan fingerprint density at radius 3 is 2.39 bits per heavy atom. The quantitative estimate of drug-likeness (QED) is 0.730. The molecule has 2 rings (SSSR count). The zero-order valence-corrected chi connectivity index (χ0v) is 11.9. The lowest BCUT2D eigenvalue weighted by atomic mass is 10.0. The largest absolute Gasteiger partial charge is 0.288 e. The molecule has 0 aliphatic rings. The van der Waals surface area contributed by atoms with E-state index in [1.807, 2.05) is 6.92 Å². The van der Waals surface area contributed by atoms with Crippen molar-refractivity contribution in [3.05, 3.63) is 55.5 Å². The summed E-state index contributed by atoms with van der Waals surface area (Å²) in [7, 11) is 0. The lowest BCUT2D eigenvalue weighted by Crippen LogP contribution is -2.06. The lowest BCUT2D eigenvalue weighted by molar-refractivity contribution is 0.103. The summed E-state index contributed by atoms with van der Waals surface area (Å²) in [6.45, 7) is 5.36. The van der Waals surface area contributed by atoms with E-state index < -0.39 is 5.82 Å². The monoisotopic (exact) mass is 282 g/mol. The molecule has 1 aromatic heterocycles. The summed E-state index contributed by atoms with van der Waals surface area (Å²) in [5, 5.41) is 2.22. The Morgan fingerprint density at radius 2 is 1.89 bits per heavy atom. The topological polar surface area (TPSA) is 17.1 Å². The summed E-state index contributed by atoms with van der Waals surface area (Å²) in [5.41, 5.74) is 2.40. The van der Waals surface area contributed by atoms with E-state index in [4.69, 9.17) is 11.6 Å².